The van der Waals surface area contributed by atoms with Crippen LogP contribution < -0.4 is 5.32 Å². The number of nitrogens with zero attached hydrogens (tertiary/aromatic N) is 1. The molecule has 1 rings (SSSR count). The van der Waals surface area contributed by atoms with Crippen molar-refractivity contribution in [2.45, 2.75) is 46.6 Å². The molecule has 0 aromatic carbocycles. The van der Waals surface area contributed by atoms with Gasteiger partial charge < -0.3 is 10.3 Å². The summed E-state index contributed by atoms with van der Waals surface area (Å²) in [7, 11) is 0. The first-order valence-corrected chi connectivity index (χ1v) is 5.92. The van der Waals surface area contributed by atoms with Crippen LogP contribution in [0.2, 0.25) is 0 Å². The van der Waals surface area contributed by atoms with Crippen LogP contribution in [0.3, 0.4) is 0 Å². The number of hydrogen-bond donors (Lipinski definition) is 2. The van der Waals surface area contributed by atoms with Gasteiger partial charge in [-0.25, -0.2) is 4.98 Å². The lowest BCUT2D eigenvalue weighted by Crippen LogP contribution is -2.35. The van der Waals surface area contributed by atoms with E-state index in [1.54, 1.807) is 6.33 Å². The number of anilines is 1. The Labute approximate surface area is 103 Å². The summed E-state index contributed by atoms with van der Waals surface area (Å²) in [5.74, 6) is 0.925. The summed E-state index contributed by atoms with van der Waals surface area (Å²) in [5, 5.41) is 3.45. The fourth-order valence-corrected chi connectivity index (χ4v) is 2.35. The third-order valence-electron chi connectivity index (χ3n) is 2.12. The molecular weight excluding hydrogens is 218 g/mol. The SMILES string of the molecule is CC(C)(C)CC(C)(C)Nc1cc(=S)nc[nH]1. The molecule has 16 heavy (non-hydrogen) atoms. The molecule has 4 heteroatoms. The van der Waals surface area contributed by atoms with Gasteiger partial charge in [-0.1, -0.05) is 33.0 Å². The number of nitrogens with one attached hydrogen (secondary N) is 2. The van der Waals surface area contributed by atoms with Gasteiger partial charge >= 0.3 is 0 Å². The van der Waals surface area contributed by atoms with Gasteiger partial charge in [-0.2, -0.15) is 0 Å². The van der Waals surface area contributed by atoms with Gasteiger partial charge in [0.2, 0.25) is 0 Å². The van der Waals surface area contributed by atoms with Gasteiger partial charge in [0.15, 0.2) is 0 Å². The van der Waals surface area contributed by atoms with Crippen molar-refractivity contribution in [2.75, 3.05) is 5.32 Å². The first-order chi connectivity index (χ1) is 7.18. The topological polar surface area (TPSA) is 40.7 Å². The molecule has 90 valence electrons. The molecule has 3 nitrogen and oxygen atoms in total. The minimum atomic E-state index is 0.0257. The average Bonchev–Trinajstić information content (AvgIpc) is 1.96. The van der Waals surface area contributed by atoms with Crippen LogP contribution in [0.25, 0.3) is 0 Å². The van der Waals surface area contributed by atoms with Crippen LogP contribution in [0, 0.1) is 10.1 Å². The lowest BCUT2D eigenvalue weighted by atomic mass is 9.82. The van der Waals surface area contributed by atoms with Crippen LogP contribution >= 0.6 is 12.2 Å². The van der Waals surface area contributed by atoms with Gasteiger partial charge in [0, 0.05) is 11.6 Å². The fourth-order valence-electron chi connectivity index (χ4n) is 2.17. The molecule has 0 bridgehead atoms. The van der Waals surface area contributed by atoms with Crippen molar-refractivity contribution in [1.29, 1.82) is 0 Å². The molecule has 0 saturated carbocycles. The molecule has 0 atom stereocenters. The molecule has 1 aromatic heterocycles. The second-order valence-electron chi connectivity index (χ2n) is 6.05. The minimum Gasteiger partial charge on any atom is -0.367 e. The van der Waals surface area contributed by atoms with Gasteiger partial charge in [-0.05, 0) is 25.7 Å². The number of rotatable bonds is 3. The molecule has 0 saturated heterocycles. The smallest absolute Gasteiger partial charge is 0.131 e. The second-order valence-corrected chi connectivity index (χ2v) is 6.46. The first kappa shape index (κ1) is 13.2. The number of H-pyrrole nitrogens is 1. The lowest BCUT2D eigenvalue weighted by Gasteiger charge is -2.33. The summed E-state index contributed by atoms with van der Waals surface area (Å²) in [6, 6.07) is 1.85. The van der Waals surface area contributed by atoms with Gasteiger partial charge in [0.25, 0.3) is 0 Å². The van der Waals surface area contributed by atoms with E-state index in [4.69, 9.17) is 12.2 Å². The number of aromatic nitrogens is 2. The lowest BCUT2D eigenvalue weighted by molar-refractivity contribution is 0.302. The molecule has 0 aliphatic heterocycles. The molecule has 0 spiro atoms. The van der Waals surface area contributed by atoms with Gasteiger partial charge in [0.05, 0.1) is 6.33 Å². The number of hydrogen-bond acceptors (Lipinski definition) is 3. The Morgan fingerprint density at radius 1 is 1.31 bits per heavy atom. The van der Waals surface area contributed by atoms with Crippen LogP contribution in [0.15, 0.2) is 12.4 Å². The molecule has 0 amide bonds. The van der Waals surface area contributed by atoms with Crippen molar-refractivity contribution in [3.05, 3.63) is 17.0 Å². The Morgan fingerprint density at radius 3 is 2.44 bits per heavy atom. The molecule has 0 fully saturated rings. The Bertz CT molecular complexity index is 401. The predicted molar refractivity (Wildman–Crippen MR) is 71.2 cm³/mol. The zero-order valence-electron chi connectivity index (χ0n) is 10.7. The van der Waals surface area contributed by atoms with E-state index in [1.807, 2.05) is 6.07 Å². The minimum absolute atomic E-state index is 0.0257. The van der Waals surface area contributed by atoms with Crippen LogP contribution in [0.4, 0.5) is 5.82 Å². The summed E-state index contributed by atoms with van der Waals surface area (Å²) in [4.78, 5) is 7.03. The Morgan fingerprint density at radius 2 is 1.94 bits per heavy atom. The normalized spacial score (nSPS) is 12.6. The van der Waals surface area contributed by atoms with E-state index < -0.39 is 0 Å². The highest BCUT2D eigenvalue weighted by molar-refractivity contribution is 7.71. The Balaban J connectivity index is 2.76. The van der Waals surface area contributed by atoms with Gasteiger partial charge in [-0.3, -0.25) is 0 Å². The van der Waals surface area contributed by atoms with Crippen molar-refractivity contribution in [3.63, 3.8) is 0 Å². The maximum Gasteiger partial charge on any atom is 0.131 e. The maximum atomic E-state index is 5.03. The summed E-state index contributed by atoms with van der Waals surface area (Å²) in [5.41, 5.74) is 0.318. The molecule has 2 N–H and O–H groups in total. The molecule has 0 aliphatic carbocycles. The van der Waals surface area contributed by atoms with E-state index in [-0.39, 0.29) is 5.54 Å². The fraction of sp³-hybridized carbons (Fsp3) is 0.667. The molecule has 1 heterocycles. The van der Waals surface area contributed by atoms with Crippen LogP contribution in [-0.2, 0) is 0 Å². The summed E-state index contributed by atoms with van der Waals surface area (Å²) >= 11 is 5.03. The largest absolute Gasteiger partial charge is 0.367 e. The van der Waals surface area contributed by atoms with Crippen LogP contribution in [-0.4, -0.2) is 15.5 Å². The molecule has 0 radical (unpaired) electrons. The van der Waals surface area contributed by atoms with Gasteiger partial charge in [0.1, 0.15) is 10.5 Å². The van der Waals surface area contributed by atoms with E-state index in [2.05, 4.69) is 49.9 Å². The van der Waals surface area contributed by atoms with E-state index >= 15 is 0 Å². The zero-order valence-corrected chi connectivity index (χ0v) is 11.5. The molecular formula is C12H21N3S. The van der Waals surface area contributed by atoms with Crippen molar-refractivity contribution < 1.29 is 0 Å². The van der Waals surface area contributed by atoms with E-state index in [0.29, 0.717) is 10.1 Å². The second kappa shape index (κ2) is 4.53. The zero-order chi connectivity index (χ0) is 12.4. The third kappa shape index (κ3) is 4.75. The van der Waals surface area contributed by atoms with Crippen molar-refractivity contribution in [3.8, 4) is 0 Å². The van der Waals surface area contributed by atoms with E-state index in [1.165, 1.54) is 0 Å². The third-order valence-corrected chi connectivity index (χ3v) is 2.35. The van der Waals surface area contributed by atoms with Crippen LogP contribution in [0.1, 0.15) is 41.0 Å². The van der Waals surface area contributed by atoms with E-state index in [0.717, 1.165) is 12.2 Å². The monoisotopic (exact) mass is 239 g/mol. The summed E-state index contributed by atoms with van der Waals surface area (Å²) in [6.45, 7) is 11.1. The Hall–Kier alpha value is -0.900. The summed E-state index contributed by atoms with van der Waals surface area (Å²) < 4.78 is 0.604. The van der Waals surface area contributed by atoms with Crippen molar-refractivity contribution in [1.82, 2.24) is 9.97 Å². The maximum absolute atomic E-state index is 5.03. The highest BCUT2D eigenvalue weighted by atomic mass is 32.1. The Kier molecular flexibility index (Phi) is 3.73. The van der Waals surface area contributed by atoms with Crippen molar-refractivity contribution in [2.24, 2.45) is 5.41 Å². The predicted octanol–water partition coefficient (Wildman–Crippen LogP) is 3.77. The highest BCUT2D eigenvalue weighted by Gasteiger charge is 2.25. The summed E-state index contributed by atoms with van der Waals surface area (Å²) in [6.07, 6.45) is 2.70. The highest BCUT2D eigenvalue weighted by Crippen LogP contribution is 2.28. The van der Waals surface area contributed by atoms with E-state index in [9.17, 15) is 0 Å². The van der Waals surface area contributed by atoms with Gasteiger partial charge in [-0.15, -0.1) is 0 Å². The van der Waals surface area contributed by atoms with Crippen LogP contribution in [0.5, 0.6) is 0 Å². The molecule has 0 aliphatic rings. The molecule has 0 unspecified atom stereocenters. The standard InChI is InChI=1S/C12H21N3S/c1-11(2,3)7-12(4,5)15-9-6-10(16)14-8-13-9/h6,8H,7H2,1-5H3,(H2,13,14,15,16). The first-order valence-electron chi connectivity index (χ1n) is 5.51. The number of aromatic amines is 1. The quantitative estimate of drug-likeness (QED) is 0.789. The van der Waals surface area contributed by atoms with Crippen molar-refractivity contribution >= 4 is 18.0 Å². The molecule has 1 aromatic rings. The average molecular weight is 239 g/mol.